The molecule has 1 saturated heterocycles. The Bertz CT molecular complexity index is 1130. The molecule has 0 radical (unpaired) electrons. The standard InChI is InChI=1S/C20H24ClN3O5S2/c1-30(26,27)24(18-9-5-16(21)6-10-18)15-20(25)22-17-7-11-19(12-8-17)31(28,29)23-13-3-2-4-14-23/h5-12H,2-4,13-15H2,1H3,(H,22,25). The Morgan fingerprint density at radius 3 is 2.10 bits per heavy atom. The lowest BCUT2D eigenvalue weighted by molar-refractivity contribution is -0.114. The van der Waals surface area contributed by atoms with Crippen molar-refractivity contribution in [1.29, 1.82) is 0 Å². The zero-order chi connectivity index (χ0) is 22.6. The maximum absolute atomic E-state index is 12.7. The molecule has 0 aliphatic carbocycles. The van der Waals surface area contributed by atoms with Gasteiger partial charge in [0.25, 0.3) is 0 Å². The van der Waals surface area contributed by atoms with Crippen molar-refractivity contribution in [2.24, 2.45) is 0 Å². The number of carbonyl (C=O) groups is 1. The van der Waals surface area contributed by atoms with Gasteiger partial charge in [0, 0.05) is 23.8 Å². The molecule has 3 rings (SSSR count). The van der Waals surface area contributed by atoms with Crippen LogP contribution in [0.25, 0.3) is 0 Å². The van der Waals surface area contributed by atoms with E-state index in [9.17, 15) is 21.6 Å². The molecule has 0 unspecified atom stereocenters. The van der Waals surface area contributed by atoms with Gasteiger partial charge in [-0.05, 0) is 61.4 Å². The molecule has 2 aromatic carbocycles. The number of nitrogens with zero attached hydrogens (tertiary/aromatic N) is 2. The van der Waals surface area contributed by atoms with E-state index in [0.29, 0.717) is 29.5 Å². The lowest BCUT2D eigenvalue weighted by Gasteiger charge is -2.26. The van der Waals surface area contributed by atoms with E-state index in [0.717, 1.165) is 29.8 Å². The van der Waals surface area contributed by atoms with Gasteiger partial charge in [-0.25, -0.2) is 16.8 Å². The van der Waals surface area contributed by atoms with Crippen LogP contribution in [0.15, 0.2) is 53.4 Å². The van der Waals surface area contributed by atoms with Crippen molar-refractivity contribution in [1.82, 2.24) is 4.31 Å². The first-order valence-electron chi connectivity index (χ1n) is 9.71. The first kappa shape index (κ1) is 23.5. The molecular weight excluding hydrogens is 462 g/mol. The molecule has 11 heteroatoms. The van der Waals surface area contributed by atoms with Gasteiger partial charge in [-0.1, -0.05) is 18.0 Å². The van der Waals surface area contributed by atoms with Gasteiger partial charge in [0.05, 0.1) is 16.8 Å². The minimum atomic E-state index is -3.71. The zero-order valence-corrected chi connectivity index (χ0v) is 19.4. The van der Waals surface area contributed by atoms with E-state index < -0.39 is 32.5 Å². The second-order valence-electron chi connectivity index (χ2n) is 7.28. The summed E-state index contributed by atoms with van der Waals surface area (Å²) in [5.74, 6) is -0.563. The number of hydrogen-bond donors (Lipinski definition) is 1. The van der Waals surface area contributed by atoms with Crippen molar-refractivity contribution in [2.75, 3.05) is 35.5 Å². The highest BCUT2D eigenvalue weighted by Crippen LogP contribution is 2.23. The molecule has 0 atom stereocenters. The van der Waals surface area contributed by atoms with Crippen molar-refractivity contribution in [3.05, 3.63) is 53.6 Å². The van der Waals surface area contributed by atoms with Gasteiger partial charge >= 0.3 is 0 Å². The Kier molecular flexibility index (Phi) is 7.25. The smallest absolute Gasteiger partial charge is 0.245 e. The van der Waals surface area contributed by atoms with E-state index in [1.807, 2.05) is 0 Å². The van der Waals surface area contributed by atoms with Crippen molar-refractivity contribution in [2.45, 2.75) is 24.2 Å². The SMILES string of the molecule is CS(=O)(=O)N(CC(=O)Nc1ccc(S(=O)(=O)N2CCCCC2)cc1)c1ccc(Cl)cc1. The lowest BCUT2D eigenvalue weighted by Crippen LogP contribution is -2.37. The third-order valence-corrected chi connectivity index (χ3v) is 8.20. The summed E-state index contributed by atoms with van der Waals surface area (Å²) in [6.45, 7) is 0.577. The van der Waals surface area contributed by atoms with Crippen LogP contribution in [-0.2, 0) is 24.8 Å². The van der Waals surface area contributed by atoms with Crippen LogP contribution in [0.2, 0.25) is 5.02 Å². The molecule has 0 spiro atoms. The Labute approximate surface area is 187 Å². The molecule has 8 nitrogen and oxygen atoms in total. The number of nitrogens with one attached hydrogen (secondary N) is 1. The highest BCUT2D eigenvalue weighted by Gasteiger charge is 2.26. The molecule has 1 aliphatic heterocycles. The summed E-state index contributed by atoms with van der Waals surface area (Å²) in [5, 5.41) is 3.05. The van der Waals surface area contributed by atoms with Crippen LogP contribution < -0.4 is 9.62 Å². The molecule has 31 heavy (non-hydrogen) atoms. The van der Waals surface area contributed by atoms with Crippen LogP contribution in [0.1, 0.15) is 19.3 Å². The molecule has 2 aromatic rings. The predicted molar refractivity (Wildman–Crippen MR) is 121 cm³/mol. The predicted octanol–water partition coefficient (Wildman–Crippen LogP) is 2.92. The number of rotatable bonds is 7. The summed E-state index contributed by atoms with van der Waals surface area (Å²) >= 11 is 5.84. The number of carbonyl (C=O) groups excluding carboxylic acids is 1. The maximum atomic E-state index is 12.7. The zero-order valence-electron chi connectivity index (χ0n) is 17.0. The molecular formula is C20H24ClN3O5S2. The second-order valence-corrected chi connectivity index (χ2v) is 11.6. The minimum Gasteiger partial charge on any atom is -0.325 e. The van der Waals surface area contributed by atoms with Crippen LogP contribution in [0.3, 0.4) is 0 Å². The quantitative estimate of drug-likeness (QED) is 0.649. The number of benzene rings is 2. The number of sulfonamides is 2. The van der Waals surface area contributed by atoms with E-state index in [2.05, 4.69) is 5.32 Å². The van der Waals surface area contributed by atoms with E-state index in [1.54, 1.807) is 0 Å². The lowest BCUT2D eigenvalue weighted by atomic mass is 10.2. The van der Waals surface area contributed by atoms with E-state index in [4.69, 9.17) is 11.6 Å². The van der Waals surface area contributed by atoms with Gasteiger partial charge in [-0.3, -0.25) is 9.10 Å². The summed E-state index contributed by atoms with van der Waals surface area (Å²) in [6, 6.07) is 11.9. The van der Waals surface area contributed by atoms with Gasteiger partial charge in [0.2, 0.25) is 26.0 Å². The Morgan fingerprint density at radius 2 is 1.55 bits per heavy atom. The largest absolute Gasteiger partial charge is 0.325 e. The number of halogens is 1. The highest BCUT2D eigenvalue weighted by molar-refractivity contribution is 7.92. The molecule has 0 bridgehead atoms. The maximum Gasteiger partial charge on any atom is 0.245 e. The van der Waals surface area contributed by atoms with Gasteiger partial charge < -0.3 is 5.32 Å². The molecule has 1 N–H and O–H groups in total. The summed E-state index contributed by atoms with van der Waals surface area (Å²) in [6.07, 6.45) is 3.72. The number of anilines is 2. The first-order valence-corrected chi connectivity index (χ1v) is 13.4. The van der Waals surface area contributed by atoms with Crippen molar-refractivity contribution in [3.63, 3.8) is 0 Å². The van der Waals surface area contributed by atoms with Crippen LogP contribution >= 0.6 is 11.6 Å². The number of piperidine rings is 1. The second kappa shape index (κ2) is 9.56. The fourth-order valence-corrected chi connectivity index (χ4v) is 5.80. The molecule has 1 heterocycles. The van der Waals surface area contributed by atoms with E-state index in [-0.39, 0.29) is 4.90 Å². The average Bonchev–Trinajstić information content (AvgIpc) is 2.73. The summed E-state index contributed by atoms with van der Waals surface area (Å²) in [7, 11) is -7.28. The van der Waals surface area contributed by atoms with Gasteiger partial charge in [0.1, 0.15) is 6.54 Å². The van der Waals surface area contributed by atoms with Crippen molar-refractivity contribution >= 4 is 48.9 Å². The fourth-order valence-electron chi connectivity index (χ4n) is 3.30. The third kappa shape index (κ3) is 5.97. The molecule has 0 saturated carbocycles. The molecule has 1 aliphatic rings. The monoisotopic (exact) mass is 485 g/mol. The first-order chi connectivity index (χ1) is 14.6. The normalized spacial score (nSPS) is 15.4. The summed E-state index contributed by atoms with van der Waals surface area (Å²) in [5.41, 5.74) is 0.678. The fraction of sp³-hybridized carbons (Fsp3) is 0.350. The number of amides is 1. The average molecular weight is 486 g/mol. The van der Waals surface area contributed by atoms with Crippen molar-refractivity contribution in [3.8, 4) is 0 Å². The Hall–Kier alpha value is -2.14. The molecule has 1 amide bonds. The molecule has 168 valence electrons. The van der Waals surface area contributed by atoms with Crippen molar-refractivity contribution < 1.29 is 21.6 Å². The van der Waals surface area contributed by atoms with Gasteiger partial charge in [0.15, 0.2) is 0 Å². The third-order valence-electron chi connectivity index (χ3n) is 4.89. The van der Waals surface area contributed by atoms with Gasteiger partial charge in [-0.15, -0.1) is 0 Å². The van der Waals surface area contributed by atoms with E-state index in [1.165, 1.54) is 52.8 Å². The summed E-state index contributed by atoms with van der Waals surface area (Å²) in [4.78, 5) is 12.6. The van der Waals surface area contributed by atoms with Crippen LogP contribution in [-0.4, -0.2) is 52.9 Å². The molecule has 0 aromatic heterocycles. The Morgan fingerprint density at radius 1 is 0.968 bits per heavy atom. The minimum absolute atomic E-state index is 0.159. The van der Waals surface area contributed by atoms with Gasteiger partial charge in [-0.2, -0.15) is 4.31 Å². The summed E-state index contributed by atoms with van der Waals surface area (Å²) < 4.78 is 52.2. The van der Waals surface area contributed by atoms with Crippen LogP contribution in [0.4, 0.5) is 11.4 Å². The van der Waals surface area contributed by atoms with E-state index >= 15 is 0 Å². The highest BCUT2D eigenvalue weighted by atomic mass is 35.5. The topological polar surface area (TPSA) is 104 Å². The number of hydrogen-bond acceptors (Lipinski definition) is 5. The van der Waals surface area contributed by atoms with Crippen LogP contribution in [0, 0.1) is 0 Å². The Balaban J connectivity index is 1.70. The van der Waals surface area contributed by atoms with Crippen LogP contribution in [0.5, 0.6) is 0 Å². The molecule has 1 fully saturated rings.